The fourth-order valence-electron chi connectivity index (χ4n) is 2.83. The maximum absolute atomic E-state index is 12.3. The molecule has 3 rings (SSSR count). The molecule has 6 nitrogen and oxygen atoms in total. The summed E-state index contributed by atoms with van der Waals surface area (Å²) >= 11 is 0. The van der Waals surface area contributed by atoms with Crippen LogP contribution in [-0.4, -0.2) is 29.3 Å². The Morgan fingerprint density at radius 1 is 1.30 bits per heavy atom. The minimum Gasteiger partial charge on any atom is -0.469 e. The van der Waals surface area contributed by atoms with Gasteiger partial charge < -0.3 is 19.1 Å². The van der Waals surface area contributed by atoms with E-state index in [1.54, 1.807) is 23.5 Å². The van der Waals surface area contributed by atoms with Crippen LogP contribution in [0.15, 0.2) is 45.6 Å². The number of amides is 2. The summed E-state index contributed by atoms with van der Waals surface area (Å²) in [6, 6.07) is 7.28. The van der Waals surface area contributed by atoms with Gasteiger partial charge in [0.1, 0.15) is 11.5 Å². The highest BCUT2D eigenvalue weighted by Gasteiger charge is 2.35. The van der Waals surface area contributed by atoms with Gasteiger partial charge in [0.05, 0.1) is 25.0 Å². The standard InChI is InChI=1S/C17H20N2O4/c1-12(8-14-4-2-6-22-14)18-17(21)13-9-16(20)19(10-13)11-15-5-3-7-23-15/h2-7,12-13H,8-11H2,1H3,(H,18,21)/t12-,13-/m0/s1. The summed E-state index contributed by atoms with van der Waals surface area (Å²) < 4.78 is 10.5. The Balaban J connectivity index is 1.51. The minimum absolute atomic E-state index is 0.0137. The van der Waals surface area contributed by atoms with Crippen molar-refractivity contribution in [1.29, 1.82) is 0 Å². The second-order valence-electron chi connectivity index (χ2n) is 5.95. The number of carbonyl (C=O) groups excluding carboxylic acids is 2. The van der Waals surface area contributed by atoms with E-state index in [1.807, 2.05) is 25.1 Å². The molecule has 2 atom stereocenters. The average Bonchev–Trinajstić information content (AvgIpc) is 3.23. The molecule has 0 aliphatic carbocycles. The van der Waals surface area contributed by atoms with Crippen LogP contribution in [-0.2, 0) is 22.6 Å². The Labute approximate surface area is 134 Å². The van der Waals surface area contributed by atoms with Crippen molar-refractivity contribution in [2.75, 3.05) is 6.54 Å². The van der Waals surface area contributed by atoms with Crippen molar-refractivity contribution < 1.29 is 18.4 Å². The highest BCUT2D eigenvalue weighted by Crippen LogP contribution is 2.21. The van der Waals surface area contributed by atoms with Gasteiger partial charge in [0, 0.05) is 25.4 Å². The van der Waals surface area contributed by atoms with Crippen LogP contribution < -0.4 is 5.32 Å². The van der Waals surface area contributed by atoms with Crippen LogP contribution >= 0.6 is 0 Å². The smallest absolute Gasteiger partial charge is 0.225 e. The molecule has 2 amide bonds. The number of rotatable bonds is 6. The molecule has 2 aromatic heterocycles. The number of nitrogens with zero attached hydrogens (tertiary/aromatic N) is 1. The number of nitrogens with one attached hydrogen (secondary N) is 1. The molecular formula is C17H20N2O4. The second-order valence-corrected chi connectivity index (χ2v) is 5.95. The van der Waals surface area contributed by atoms with Gasteiger partial charge in [-0.1, -0.05) is 0 Å². The van der Waals surface area contributed by atoms with Crippen LogP contribution in [0, 0.1) is 5.92 Å². The minimum atomic E-state index is -0.309. The van der Waals surface area contributed by atoms with Gasteiger partial charge in [0.25, 0.3) is 0 Å². The summed E-state index contributed by atoms with van der Waals surface area (Å²) in [4.78, 5) is 26.0. The first kappa shape index (κ1) is 15.4. The van der Waals surface area contributed by atoms with E-state index < -0.39 is 0 Å². The molecule has 3 heterocycles. The van der Waals surface area contributed by atoms with E-state index in [2.05, 4.69) is 5.32 Å². The molecule has 122 valence electrons. The Morgan fingerprint density at radius 3 is 2.65 bits per heavy atom. The van der Waals surface area contributed by atoms with Gasteiger partial charge in [-0.25, -0.2) is 0 Å². The number of hydrogen-bond acceptors (Lipinski definition) is 4. The lowest BCUT2D eigenvalue weighted by Crippen LogP contribution is -2.39. The SMILES string of the molecule is C[C@@H](Cc1ccco1)NC(=O)[C@H]1CC(=O)N(Cc2ccco2)C1. The molecular weight excluding hydrogens is 296 g/mol. The summed E-state index contributed by atoms with van der Waals surface area (Å²) in [6.45, 7) is 2.77. The lowest BCUT2D eigenvalue weighted by atomic mass is 10.1. The number of likely N-dealkylation sites (tertiary alicyclic amines) is 1. The van der Waals surface area contributed by atoms with E-state index >= 15 is 0 Å². The van der Waals surface area contributed by atoms with E-state index in [-0.39, 0.29) is 30.2 Å². The maximum Gasteiger partial charge on any atom is 0.225 e. The molecule has 0 radical (unpaired) electrons. The van der Waals surface area contributed by atoms with Gasteiger partial charge in [-0.2, -0.15) is 0 Å². The summed E-state index contributed by atoms with van der Waals surface area (Å²) in [6.07, 6.45) is 4.08. The molecule has 0 unspecified atom stereocenters. The van der Waals surface area contributed by atoms with E-state index in [1.165, 1.54) is 0 Å². The van der Waals surface area contributed by atoms with Crippen molar-refractivity contribution in [3.8, 4) is 0 Å². The molecule has 0 saturated carbocycles. The molecule has 1 fully saturated rings. The van der Waals surface area contributed by atoms with E-state index in [9.17, 15) is 9.59 Å². The third-order valence-electron chi connectivity index (χ3n) is 3.99. The number of carbonyl (C=O) groups is 2. The predicted molar refractivity (Wildman–Crippen MR) is 82.2 cm³/mol. The monoisotopic (exact) mass is 316 g/mol. The van der Waals surface area contributed by atoms with Gasteiger partial charge in [0.15, 0.2) is 0 Å². The Hall–Kier alpha value is -2.50. The second kappa shape index (κ2) is 6.73. The van der Waals surface area contributed by atoms with Gasteiger partial charge in [-0.3, -0.25) is 9.59 Å². The zero-order valence-electron chi connectivity index (χ0n) is 13.0. The first-order valence-corrected chi connectivity index (χ1v) is 7.74. The number of furan rings is 2. The van der Waals surface area contributed by atoms with Crippen molar-refractivity contribution >= 4 is 11.8 Å². The Bertz CT molecular complexity index is 648. The van der Waals surface area contributed by atoms with Crippen LogP contribution in [0.4, 0.5) is 0 Å². The normalized spacial score (nSPS) is 19.1. The van der Waals surface area contributed by atoms with Crippen molar-refractivity contribution in [3.63, 3.8) is 0 Å². The van der Waals surface area contributed by atoms with Crippen molar-refractivity contribution in [1.82, 2.24) is 10.2 Å². The lowest BCUT2D eigenvalue weighted by Gasteiger charge is -2.17. The summed E-state index contributed by atoms with van der Waals surface area (Å²) in [7, 11) is 0. The first-order chi connectivity index (χ1) is 11.1. The molecule has 23 heavy (non-hydrogen) atoms. The van der Waals surface area contributed by atoms with Gasteiger partial charge in [-0.15, -0.1) is 0 Å². The van der Waals surface area contributed by atoms with Crippen LogP contribution in [0.5, 0.6) is 0 Å². The molecule has 1 aliphatic heterocycles. The zero-order valence-corrected chi connectivity index (χ0v) is 13.0. The summed E-state index contributed by atoms with van der Waals surface area (Å²) in [5.41, 5.74) is 0. The molecule has 2 aromatic rings. The molecule has 0 spiro atoms. The fourth-order valence-corrected chi connectivity index (χ4v) is 2.83. The van der Waals surface area contributed by atoms with Gasteiger partial charge in [0.2, 0.25) is 11.8 Å². The predicted octanol–water partition coefficient (Wildman–Crippen LogP) is 1.97. The van der Waals surface area contributed by atoms with E-state index in [0.717, 1.165) is 11.5 Å². The summed E-state index contributed by atoms with van der Waals surface area (Å²) in [5.74, 6) is 1.15. The highest BCUT2D eigenvalue weighted by molar-refractivity contribution is 5.89. The van der Waals surface area contributed by atoms with Crippen LogP contribution in [0.1, 0.15) is 24.9 Å². The van der Waals surface area contributed by atoms with Crippen LogP contribution in [0.2, 0.25) is 0 Å². The maximum atomic E-state index is 12.3. The van der Waals surface area contributed by atoms with Gasteiger partial charge in [-0.05, 0) is 31.2 Å². The zero-order chi connectivity index (χ0) is 16.2. The molecule has 1 N–H and O–H groups in total. The fraction of sp³-hybridized carbons (Fsp3) is 0.412. The van der Waals surface area contributed by atoms with Crippen molar-refractivity contribution in [2.24, 2.45) is 5.92 Å². The Kier molecular flexibility index (Phi) is 4.50. The third kappa shape index (κ3) is 3.83. The molecule has 0 aromatic carbocycles. The number of hydrogen-bond donors (Lipinski definition) is 1. The Morgan fingerprint density at radius 2 is 2.00 bits per heavy atom. The molecule has 1 aliphatic rings. The lowest BCUT2D eigenvalue weighted by molar-refractivity contribution is -0.129. The largest absolute Gasteiger partial charge is 0.469 e. The van der Waals surface area contributed by atoms with Crippen LogP contribution in [0.25, 0.3) is 0 Å². The van der Waals surface area contributed by atoms with E-state index in [4.69, 9.17) is 8.83 Å². The van der Waals surface area contributed by atoms with Crippen molar-refractivity contribution in [3.05, 3.63) is 48.3 Å². The third-order valence-corrected chi connectivity index (χ3v) is 3.99. The quantitative estimate of drug-likeness (QED) is 0.884. The molecule has 0 bridgehead atoms. The van der Waals surface area contributed by atoms with Crippen LogP contribution in [0.3, 0.4) is 0 Å². The average molecular weight is 316 g/mol. The topological polar surface area (TPSA) is 75.7 Å². The molecule has 6 heteroatoms. The van der Waals surface area contributed by atoms with E-state index in [0.29, 0.717) is 19.5 Å². The highest BCUT2D eigenvalue weighted by atomic mass is 16.3. The first-order valence-electron chi connectivity index (χ1n) is 7.74. The van der Waals surface area contributed by atoms with Gasteiger partial charge >= 0.3 is 0 Å². The van der Waals surface area contributed by atoms with Crippen molar-refractivity contribution in [2.45, 2.75) is 32.4 Å². The summed E-state index contributed by atoms with van der Waals surface area (Å²) in [5, 5.41) is 2.96. The molecule has 1 saturated heterocycles.